The van der Waals surface area contributed by atoms with Gasteiger partial charge in [0.15, 0.2) is 17.9 Å². The van der Waals surface area contributed by atoms with E-state index in [1.165, 1.54) is 18.3 Å². The largest absolute Gasteiger partial charge is 0.493 e. The number of carbonyl (C=O) groups excluding carboxylic acids is 1. The Labute approximate surface area is 164 Å². The molecule has 146 valence electrons. The predicted octanol–water partition coefficient (Wildman–Crippen LogP) is 3.12. The molecule has 0 saturated carbocycles. The summed E-state index contributed by atoms with van der Waals surface area (Å²) in [4.78, 5) is 20.5. The maximum absolute atomic E-state index is 14.9. The van der Waals surface area contributed by atoms with E-state index in [1.54, 1.807) is 18.2 Å². The first-order valence-corrected chi connectivity index (χ1v) is 8.95. The van der Waals surface area contributed by atoms with Gasteiger partial charge in [-0.1, -0.05) is 17.7 Å². The number of rotatable bonds is 3. The average Bonchev–Trinajstić information content (AvgIpc) is 2.66. The zero-order valence-electron chi connectivity index (χ0n) is 14.6. The van der Waals surface area contributed by atoms with E-state index in [4.69, 9.17) is 26.8 Å². The van der Waals surface area contributed by atoms with Crippen molar-refractivity contribution in [1.29, 1.82) is 0 Å². The second kappa shape index (κ2) is 6.70. The maximum atomic E-state index is 14.9. The quantitative estimate of drug-likeness (QED) is 0.790. The van der Waals surface area contributed by atoms with E-state index < -0.39 is 18.1 Å². The van der Waals surface area contributed by atoms with Gasteiger partial charge in [-0.2, -0.15) is 8.78 Å². The van der Waals surface area contributed by atoms with Crippen molar-refractivity contribution in [1.82, 2.24) is 4.98 Å². The molecule has 0 bridgehead atoms. The molecule has 9 heteroatoms. The van der Waals surface area contributed by atoms with Crippen LogP contribution in [0.1, 0.15) is 28.0 Å². The Balaban J connectivity index is 1.71. The topological polar surface area (TPSA) is 86.8 Å². The van der Waals surface area contributed by atoms with Crippen molar-refractivity contribution in [2.75, 3.05) is 13.2 Å². The molecule has 1 aromatic heterocycles. The summed E-state index contributed by atoms with van der Waals surface area (Å²) in [6, 6.07) is 7.56. The molecular weight excluding hydrogens is 392 g/mol. The van der Waals surface area contributed by atoms with E-state index in [0.717, 1.165) is 0 Å². The molecule has 0 amide bonds. The molecule has 3 heterocycles. The van der Waals surface area contributed by atoms with Crippen LogP contribution in [0.5, 0.6) is 5.75 Å². The third-order valence-corrected chi connectivity index (χ3v) is 5.12. The monoisotopic (exact) mass is 407 g/mol. The lowest BCUT2D eigenvalue weighted by atomic mass is 9.78. The Morgan fingerprint density at radius 1 is 1.25 bits per heavy atom. The molecule has 2 aliphatic heterocycles. The van der Waals surface area contributed by atoms with Crippen molar-refractivity contribution in [2.24, 2.45) is 10.7 Å². The zero-order chi connectivity index (χ0) is 19.9. The van der Waals surface area contributed by atoms with Gasteiger partial charge < -0.3 is 15.2 Å². The molecule has 4 rings (SSSR count). The standard InChI is InChI=1S/C19H16ClF2N3O3/c20-12-2-3-14(24-9-12)15(26)8-11-1-4-16-13(7-11)18(5-6-27-16)19(21,22)10-28-17(23)25-18/h1-4,7,9H,5-6,8,10H2,(H2,23,25)/t18-/m1/s1. The van der Waals surface area contributed by atoms with E-state index in [0.29, 0.717) is 16.3 Å². The number of alkyl halides is 2. The Morgan fingerprint density at radius 3 is 2.82 bits per heavy atom. The number of benzene rings is 1. The molecule has 1 spiro atoms. The second-order valence-corrected chi connectivity index (χ2v) is 7.13. The number of nitrogens with two attached hydrogens (primary N) is 1. The van der Waals surface area contributed by atoms with Crippen molar-refractivity contribution < 1.29 is 23.0 Å². The molecule has 1 atom stereocenters. The molecule has 0 unspecified atom stereocenters. The molecule has 28 heavy (non-hydrogen) atoms. The summed E-state index contributed by atoms with van der Waals surface area (Å²) in [7, 11) is 0. The lowest BCUT2D eigenvalue weighted by Gasteiger charge is -2.43. The minimum atomic E-state index is -3.27. The van der Waals surface area contributed by atoms with Crippen LogP contribution in [0.25, 0.3) is 0 Å². The number of hydrogen-bond donors (Lipinski definition) is 1. The lowest BCUT2D eigenvalue weighted by Crippen LogP contribution is -2.54. The van der Waals surface area contributed by atoms with Crippen LogP contribution in [0.3, 0.4) is 0 Å². The number of aromatic nitrogens is 1. The number of pyridine rings is 1. The third-order valence-electron chi connectivity index (χ3n) is 4.90. The number of aliphatic imine (C=N–C) groups is 1. The highest BCUT2D eigenvalue weighted by Gasteiger charge is 2.60. The van der Waals surface area contributed by atoms with Gasteiger partial charge in [-0.05, 0) is 29.8 Å². The SMILES string of the molecule is NC1=N[C@@]2(CCOc3ccc(CC(=O)c4ccc(Cl)cn4)cc32)C(F)(F)CO1. The van der Waals surface area contributed by atoms with Gasteiger partial charge in [0, 0.05) is 24.6 Å². The van der Waals surface area contributed by atoms with Gasteiger partial charge in [-0.3, -0.25) is 9.78 Å². The van der Waals surface area contributed by atoms with Gasteiger partial charge in [0.05, 0.1) is 11.6 Å². The number of ether oxygens (including phenoxy) is 2. The molecule has 1 aromatic carbocycles. The highest BCUT2D eigenvalue weighted by atomic mass is 35.5. The molecule has 0 radical (unpaired) electrons. The highest BCUT2D eigenvalue weighted by Crippen LogP contribution is 2.51. The fourth-order valence-corrected chi connectivity index (χ4v) is 3.59. The highest BCUT2D eigenvalue weighted by molar-refractivity contribution is 6.30. The molecule has 2 aromatic rings. The summed E-state index contributed by atoms with van der Waals surface area (Å²) in [6.45, 7) is -0.786. The first-order valence-electron chi connectivity index (χ1n) is 8.58. The number of nitrogens with zero attached hydrogens (tertiary/aromatic N) is 2. The smallest absolute Gasteiger partial charge is 0.310 e. The minimum absolute atomic E-state index is 0.0146. The van der Waals surface area contributed by atoms with Crippen molar-refractivity contribution in [3.63, 3.8) is 0 Å². The normalized spacial score (nSPS) is 22.6. The van der Waals surface area contributed by atoms with Crippen LogP contribution >= 0.6 is 11.6 Å². The number of Topliss-reactive ketones (excluding diaryl/α,β-unsaturated/α-hetero) is 1. The van der Waals surface area contributed by atoms with E-state index in [-0.39, 0.29) is 42.5 Å². The van der Waals surface area contributed by atoms with Gasteiger partial charge in [-0.25, -0.2) is 4.99 Å². The number of ketones is 1. The van der Waals surface area contributed by atoms with E-state index in [2.05, 4.69) is 9.98 Å². The van der Waals surface area contributed by atoms with E-state index in [9.17, 15) is 13.6 Å². The second-order valence-electron chi connectivity index (χ2n) is 6.69. The number of amidine groups is 1. The molecule has 0 saturated heterocycles. The number of fused-ring (bicyclic) bond motifs is 2. The fraction of sp³-hybridized carbons (Fsp3) is 0.316. The third kappa shape index (κ3) is 3.07. The summed E-state index contributed by atoms with van der Waals surface area (Å²) < 4.78 is 40.0. The summed E-state index contributed by atoms with van der Waals surface area (Å²) in [6.07, 6.45) is 1.32. The van der Waals surface area contributed by atoms with Crippen LogP contribution in [0.4, 0.5) is 8.78 Å². The fourth-order valence-electron chi connectivity index (χ4n) is 3.48. The minimum Gasteiger partial charge on any atom is -0.493 e. The predicted molar refractivity (Wildman–Crippen MR) is 98.0 cm³/mol. The van der Waals surface area contributed by atoms with Crippen LogP contribution in [0, 0.1) is 0 Å². The summed E-state index contributed by atoms with van der Waals surface area (Å²) >= 11 is 5.79. The first kappa shape index (κ1) is 18.6. The molecule has 0 aliphatic carbocycles. The van der Waals surface area contributed by atoms with E-state index in [1.807, 2.05) is 0 Å². The Bertz CT molecular complexity index is 965. The van der Waals surface area contributed by atoms with Gasteiger partial charge in [0.2, 0.25) is 0 Å². The maximum Gasteiger partial charge on any atom is 0.310 e. The van der Waals surface area contributed by atoms with Crippen molar-refractivity contribution in [2.45, 2.75) is 24.3 Å². The van der Waals surface area contributed by atoms with Gasteiger partial charge in [-0.15, -0.1) is 0 Å². The molecule has 2 N–H and O–H groups in total. The van der Waals surface area contributed by atoms with Crippen molar-refractivity contribution in [3.05, 3.63) is 58.4 Å². The zero-order valence-corrected chi connectivity index (χ0v) is 15.4. The Morgan fingerprint density at radius 2 is 2.07 bits per heavy atom. The van der Waals surface area contributed by atoms with Gasteiger partial charge in [0.25, 0.3) is 6.02 Å². The van der Waals surface area contributed by atoms with Crippen LogP contribution in [0.15, 0.2) is 41.5 Å². The molecule has 0 fully saturated rings. The Kier molecular flexibility index (Phi) is 4.45. The van der Waals surface area contributed by atoms with Crippen LogP contribution in [-0.2, 0) is 16.7 Å². The molecule has 2 aliphatic rings. The lowest BCUT2D eigenvalue weighted by molar-refractivity contribution is -0.132. The van der Waals surface area contributed by atoms with Crippen LogP contribution in [-0.4, -0.2) is 35.9 Å². The number of hydrogen-bond acceptors (Lipinski definition) is 6. The van der Waals surface area contributed by atoms with Gasteiger partial charge >= 0.3 is 5.92 Å². The number of halogens is 3. The van der Waals surface area contributed by atoms with E-state index >= 15 is 0 Å². The van der Waals surface area contributed by atoms with Crippen molar-refractivity contribution in [3.8, 4) is 5.75 Å². The first-order chi connectivity index (χ1) is 13.3. The molecular formula is C19H16ClF2N3O3. The van der Waals surface area contributed by atoms with Crippen molar-refractivity contribution >= 4 is 23.4 Å². The molecule has 6 nitrogen and oxygen atoms in total. The van der Waals surface area contributed by atoms with Gasteiger partial charge in [0.1, 0.15) is 11.4 Å². The number of carbonyl (C=O) groups is 1. The average molecular weight is 408 g/mol. The van der Waals surface area contributed by atoms with Crippen LogP contribution < -0.4 is 10.5 Å². The summed E-state index contributed by atoms with van der Waals surface area (Å²) in [5, 5.41) is 0.418. The summed E-state index contributed by atoms with van der Waals surface area (Å²) in [5.41, 5.74) is 4.72. The Hall–Kier alpha value is -2.74. The summed E-state index contributed by atoms with van der Waals surface area (Å²) in [5.74, 6) is -3.23. The van der Waals surface area contributed by atoms with Crippen LogP contribution in [0.2, 0.25) is 5.02 Å².